The first-order valence-corrected chi connectivity index (χ1v) is 7.30. The maximum atomic E-state index is 11.4. The summed E-state index contributed by atoms with van der Waals surface area (Å²) >= 11 is 1.22. The molecule has 1 fully saturated rings. The van der Waals surface area contributed by atoms with Crippen LogP contribution in [0, 0.1) is 0 Å². The molecule has 0 atom stereocenters. The topological polar surface area (TPSA) is 106 Å². The van der Waals surface area contributed by atoms with E-state index in [4.69, 9.17) is 0 Å². The number of hydrogen-bond donors (Lipinski definition) is 2. The van der Waals surface area contributed by atoms with Gasteiger partial charge in [0.2, 0.25) is 0 Å². The fourth-order valence-corrected chi connectivity index (χ4v) is 2.60. The van der Waals surface area contributed by atoms with Crippen LogP contribution in [-0.2, 0) is 7.05 Å². The molecule has 0 saturated heterocycles. The van der Waals surface area contributed by atoms with Gasteiger partial charge in [0.25, 0.3) is 0 Å². The minimum Gasteiger partial charge on any atom is -0.373 e. The molecule has 2 aromatic heterocycles. The van der Waals surface area contributed by atoms with Crippen molar-refractivity contribution in [3.05, 3.63) is 32.6 Å². The van der Waals surface area contributed by atoms with E-state index in [9.17, 15) is 9.59 Å². The van der Waals surface area contributed by atoms with Gasteiger partial charge in [-0.3, -0.25) is 19.4 Å². The van der Waals surface area contributed by atoms with E-state index in [1.54, 1.807) is 20.2 Å². The number of aromatic nitrogens is 5. The molecule has 2 heterocycles. The quantitative estimate of drug-likeness (QED) is 0.619. The first-order chi connectivity index (χ1) is 10.1. The molecule has 110 valence electrons. The van der Waals surface area contributed by atoms with E-state index in [1.165, 1.54) is 16.4 Å². The molecular formula is C12H14N6O2S. The monoisotopic (exact) mass is 306 g/mol. The third kappa shape index (κ3) is 2.97. The van der Waals surface area contributed by atoms with E-state index < -0.39 is 11.1 Å². The third-order valence-corrected chi connectivity index (χ3v) is 4.03. The van der Waals surface area contributed by atoms with Crippen LogP contribution < -0.4 is 16.4 Å². The Morgan fingerprint density at radius 1 is 1.33 bits per heavy atom. The Balaban J connectivity index is 1.97. The van der Waals surface area contributed by atoms with Crippen molar-refractivity contribution in [2.75, 3.05) is 12.4 Å². The number of hydrogen-bond acceptors (Lipinski definition) is 7. The summed E-state index contributed by atoms with van der Waals surface area (Å²) in [5, 5.41) is 6.47. The van der Waals surface area contributed by atoms with Crippen molar-refractivity contribution < 1.29 is 0 Å². The highest BCUT2D eigenvalue weighted by Gasteiger charge is 2.27. The van der Waals surface area contributed by atoms with E-state index in [2.05, 4.69) is 25.4 Å². The van der Waals surface area contributed by atoms with Crippen molar-refractivity contribution in [2.24, 2.45) is 7.05 Å². The Kier molecular flexibility index (Phi) is 3.50. The van der Waals surface area contributed by atoms with Crippen LogP contribution in [0.4, 0.5) is 5.82 Å². The van der Waals surface area contributed by atoms with Crippen LogP contribution in [-0.4, -0.2) is 31.8 Å². The SMILES string of the molecule is CNc1cc(Sc2nc(=O)c(=O)[nH]n2C)nc(C2CC2)n1. The minimum atomic E-state index is -0.805. The van der Waals surface area contributed by atoms with Crippen LogP contribution in [0.5, 0.6) is 0 Å². The van der Waals surface area contributed by atoms with Crippen molar-refractivity contribution >= 4 is 17.6 Å². The van der Waals surface area contributed by atoms with Crippen molar-refractivity contribution in [2.45, 2.75) is 28.9 Å². The smallest absolute Gasteiger partial charge is 0.339 e. The van der Waals surface area contributed by atoms with Crippen molar-refractivity contribution in [1.29, 1.82) is 0 Å². The predicted octanol–water partition coefficient (Wildman–Crippen LogP) is 0.329. The highest BCUT2D eigenvalue weighted by atomic mass is 32.2. The number of aryl methyl sites for hydroxylation is 1. The fraction of sp³-hybridized carbons (Fsp3) is 0.417. The summed E-state index contributed by atoms with van der Waals surface area (Å²) < 4.78 is 1.41. The summed E-state index contributed by atoms with van der Waals surface area (Å²) in [5.74, 6) is 1.95. The molecule has 1 aliphatic rings. The molecule has 0 aliphatic heterocycles. The lowest BCUT2D eigenvalue weighted by molar-refractivity contribution is 0.596. The number of aromatic amines is 1. The summed E-state index contributed by atoms with van der Waals surface area (Å²) in [7, 11) is 3.42. The van der Waals surface area contributed by atoms with Gasteiger partial charge in [-0.15, -0.1) is 0 Å². The number of H-pyrrole nitrogens is 1. The second-order valence-corrected chi connectivity index (χ2v) is 5.76. The van der Waals surface area contributed by atoms with Crippen molar-refractivity contribution in [1.82, 2.24) is 24.7 Å². The van der Waals surface area contributed by atoms with Gasteiger partial charge in [0, 0.05) is 26.1 Å². The molecule has 1 aliphatic carbocycles. The second kappa shape index (κ2) is 5.32. The molecule has 0 unspecified atom stereocenters. The van der Waals surface area contributed by atoms with E-state index in [1.807, 2.05) is 0 Å². The first-order valence-electron chi connectivity index (χ1n) is 6.49. The van der Waals surface area contributed by atoms with Gasteiger partial charge >= 0.3 is 11.1 Å². The van der Waals surface area contributed by atoms with Crippen molar-refractivity contribution in [3.8, 4) is 0 Å². The maximum Gasteiger partial charge on any atom is 0.339 e. The molecule has 8 nitrogen and oxygen atoms in total. The molecule has 21 heavy (non-hydrogen) atoms. The number of nitrogens with zero attached hydrogens (tertiary/aromatic N) is 4. The summed E-state index contributed by atoms with van der Waals surface area (Å²) in [6, 6.07) is 1.79. The lowest BCUT2D eigenvalue weighted by Gasteiger charge is -2.08. The van der Waals surface area contributed by atoms with Gasteiger partial charge in [-0.05, 0) is 24.6 Å². The van der Waals surface area contributed by atoms with Crippen LogP contribution in [0.15, 0.2) is 25.8 Å². The van der Waals surface area contributed by atoms with E-state index in [-0.39, 0.29) is 0 Å². The van der Waals surface area contributed by atoms with Gasteiger partial charge < -0.3 is 5.32 Å². The Bertz CT molecular complexity index is 795. The van der Waals surface area contributed by atoms with Gasteiger partial charge in [0.15, 0.2) is 5.16 Å². The Hall–Kier alpha value is -2.16. The summed E-state index contributed by atoms with van der Waals surface area (Å²) in [6.07, 6.45) is 2.21. The third-order valence-electron chi connectivity index (χ3n) is 3.06. The van der Waals surface area contributed by atoms with Gasteiger partial charge in [-0.25, -0.2) is 9.97 Å². The zero-order chi connectivity index (χ0) is 15.0. The largest absolute Gasteiger partial charge is 0.373 e. The molecule has 0 bridgehead atoms. The molecular weight excluding hydrogens is 292 g/mol. The standard InChI is InChI=1S/C12H14N6O2S/c1-13-7-5-8(15-9(14-7)6-3-4-6)21-12-16-10(19)11(20)17-18(12)2/h5-6H,3-4H2,1-2H3,(H,17,20)(H,13,14,15). The second-order valence-electron chi connectivity index (χ2n) is 4.78. The van der Waals surface area contributed by atoms with Crippen LogP contribution in [0.25, 0.3) is 0 Å². The molecule has 9 heteroatoms. The lowest BCUT2D eigenvalue weighted by Crippen LogP contribution is -2.33. The Morgan fingerprint density at radius 3 is 2.76 bits per heavy atom. The van der Waals surface area contributed by atoms with Gasteiger partial charge in [-0.2, -0.15) is 4.98 Å². The summed E-state index contributed by atoms with van der Waals surface area (Å²) in [5.41, 5.74) is -1.54. The fourth-order valence-electron chi connectivity index (χ4n) is 1.79. The van der Waals surface area contributed by atoms with Crippen LogP contribution in [0.1, 0.15) is 24.6 Å². The highest BCUT2D eigenvalue weighted by Crippen LogP contribution is 2.39. The van der Waals surface area contributed by atoms with Crippen LogP contribution >= 0.6 is 11.8 Å². The molecule has 0 spiro atoms. The molecule has 0 aromatic carbocycles. The number of rotatable bonds is 4. The van der Waals surface area contributed by atoms with Gasteiger partial charge in [-0.1, -0.05) is 0 Å². The highest BCUT2D eigenvalue weighted by molar-refractivity contribution is 7.99. The van der Waals surface area contributed by atoms with Crippen molar-refractivity contribution in [3.63, 3.8) is 0 Å². The molecule has 2 aromatic rings. The van der Waals surface area contributed by atoms with Gasteiger partial charge in [0.05, 0.1) is 0 Å². The van der Waals surface area contributed by atoms with E-state index in [0.717, 1.165) is 24.5 Å². The summed E-state index contributed by atoms with van der Waals surface area (Å²) in [6.45, 7) is 0. The first kappa shape index (κ1) is 13.8. The number of nitrogens with one attached hydrogen (secondary N) is 2. The maximum absolute atomic E-state index is 11.4. The molecule has 2 N–H and O–H groups in total. The lowest BCUT2D eigenvalue weighted by atomic mass is 10.4. The Morgan fingerprint density at radius 2 is 2.10 bits per heavy atom. The average molecular weight is 306 g/mol. The molecule has 0 radical (unpaired) electrons. The molecule has 0 amide bonds. The van der Waals surface area contributed by atoms with E-state index in [0.29, 0.717) is 16.1 Å². The molecule has 3 rings (SSSR count). The van der Waals surface area contributed by atoms with Crippen LogP contribution in [0.3, 0.4) is 0 Å². The van der Waals surface area contributed by atoms with Gasteiger partial charge in [0.1, 0.15) is 16.7 Å². The number of anilines is 1. The Labute approximate surface area is 124 Å². The zero-order valence-electron chi connectivity index (χ0n) is 11.6. The zero-order valence-corrected chi connectivity index (χ0v) is 12.4. The molecule has 1 saturated carbocycles. The van der Waals surface area contributed by atoms with Crippen LogP contribution in [0.2, 0.25) is 0 Å². The summed E-state index contributed by atoms with van der Waals surface area (Å²) in [4.78, 5) is 35.2. The minimum absolute atomic E-state index is 0.377. The normalized spacial score (nSPS) is 14.2. The predicted molar refractivity (Wildman–Crippen MR) is 77.8 cm³/mol. The average Bonchev–Trinajstić information content (AvgIpc) is 3.29. The van der Waals surface area contributed by atoms with E-state index >= 15 is 0 Å².